The summed E-state index contributed by atoms with van der Waals surface area (Å²) in [5, 5.41) is 0. The molecule has 0 saturated heterocycles. The first-order valence-corrected chi connectivity index (χ1v) is 4.90. The fraction of sp³-hybridized carbons (Fsp3) is 0.182. The lowest BCUT2D eigenvalue weighted by molar-refractivity contribution is 0.571. The molecule has 0 aliphatic rings. The molecule has 0 aliphatic carbocycles. The van der Waals surface area contributed by atoms with Gasteiger partial charge in [0.05, 0.1) is 5.88 Å². The third-order valence-corrected chi connectivity index (χ3v) is 2.41. The van der Waals surface area contributed by atoms with Crippen molar-refractivity contribution in [2.45, 2.75) is 12.8 Å². The zero-order valence-electron chi connectivity index (χ0n) is 7.83. The number of hydrogen-bond donors (Lipinski definition) is 0. The number of halogens is 1. The maximum Gasteiger partial charge on any atom is 0.181 e. The van der Waals surface area contributed by atoms with Crippen LogP contribution >= 0.6 is 11.6 Å². The van der Waals surface area contributed by atoms with Crippen LogP contribution in [0.1, 0.15) is 11.3 Å². The molecule has 0 amide bonds. The average molecular weight is 208 g/mol. The van der Waals surface area contributed by atoms with Crippen LogP contribution in [0.5, 0.6) is 0 Å². The number of oxazole rings is 1. The van der Waals surface area contributed by atoms with Crippen molar-refractivity contribution in [3.8, 4) is 11.3 Å². The topological polar surface area (TPSA) is 26.0 Å². The molecule has 0 aliphatic heterocycles. The van der Waals surface area contributed by atoms with Gasteiger partial charge in [-0.05, 0) is 12.5 Å². The normalized spacial score (nSPS) is 10.4. The highest BCUT2D eigenvalue weighted by Gasteiger charge is 2.10. The Hall–Kier alpha value is -1.28. The number of aryl methyl sites for hydroxylation is 1. The molecule has 3 heteroatoms. The molecule has 1 heterocycles. The highest BCUT2D eigenvalue weighted by atomic mass is 35.5. The van der Waals surface area contributed by atoms with Gasteiger partial charge in [-0.15, -0.1) is 11.6 Å². The number of nitrogens with zero attached hydrogens (tertiary/aromatic N) is 1. The molecular formula is C11H10ClNO. The molecule has 2 rings (SSSR count). The SMILES string of the molecule is Cc1ccccc1-c1ocnc1CCl. The summed E-state index contributed by atoms with van der Waals surface area (Å²) in [4.78, 5) is 4.05. The summed E-state index contributed by atoms with van der Waals surface area (Å²) in [7, 11) is 0. The Morgan fingerprint density at radius 1 is 1.36 bits per heavy atom. The van der Waals surface area contributed by atoms with Gasteiger partial charge >= 0.3 is 0 Å². The lowest BCUT2D eigenvalue weighted by Crippen LogP contribution is -1.85. The highest BCUT2D eigenvalue weighted by molar-refractivity contribution is 6.17. The van der Waals surface area contributed by atoms with Gasteiger partial charge in [0, 0.05) is 5.56 Å². The molecule has 72 valence electrons. The van der Waals surface area contributed by atoms with Crippen molar-refractivity contribution in [3.63, 3.8) is 0 Å². The Morgan fingerprint density at radius 2 is 2.14 bits per heavy atom. The minimum Gasteiger partial charge on any atom is -0.443 e. The van der Waals surface area contributed by atoms with E-state index in [1.54, 1.807) is 0 Å². The van der Waals surface area contributed by atoms with Crippen molar-refractivity contribution in [1.82, 2.24) is 4.98 Å². The number of rotatable bonds is 2. The Bertz CT molecular complexity index is 436. The Morgan fingerprint density at radius 3 is 2.86 bits per heavy atom. The smallest absolute Gasteiger partial charge is 0.181 e. The van der Waals surface area contributed by atoms with Crippen LogP contribution in [-0.4, -0.2) is 4.98 Å². The molecular weight excluding hydrogens is 198 g/mol. The second kappa shape index (κ2) is 3.84. The van der Waals surface area contributed by atoms with Crippen LogP contribution < -0.4 is 0 Å². The Balaban J connectivity index is 2.54. The summed E-state index contributed by atoms with van der Waals surface area (Å²) in [6, 6.07) is 8.01. The highest BCUT2D eigenvalue weighted by Crippen LogP contribution is 2.26. The van der Waals surface area contributed by atoms with Crippen molar-refractivity contribution in [1.29, 1.82) is 0 Å². The van der Waals surface area contributed by atoms with E-state index >= 15 is 0 Å². The molecule has 0 fully saturated rings. The zero-order valence-corrected chi connectivity index (χ0v) is 8.58. The molecule has 0 radical (unpaired) electrons. The summed E-state index contributed by atoms with van der Waals surface area (Å²) >= 11 is 5.75. The summed E-state index contributed by atoms with van der Waals surface area (Å²) in [6.07, 6.45) is 1.43. The molecule has 0 saturated carbocycles. The van der Waals surface area contributed by atoms with E-state index < -0.39 is 0 Å². The lowest BCUT2D eigenvalue weighted by Gasteiger charge is -2.02. The molecule has 0 spiro atoms. The van der Waals surface area contributed by atoms with Gasteiger partial charge in [0.2, 0.25) is 0 Å². The van der Waals surface area contributed by atoms with Crippen LogP contribution in [0, 0.1) is 6.92 Å². The summed E-state index contributed by atoms with van der Waals surface area (Å²) in [6.45, 7) is 2.04. The quantitative estimate of drug-likeness (QED) is 0.706. The number of benzene rings is 1. The molecule has 1 aromatic heterocycles. The van der Waals surface area contributed by atoms with E-state index in [0.717, 1.165) is 22.6 Å². The maximum atomic E-state index is 5.75. The van der Waals surface area contributed by atoms with Crippen LogP contribution in [0.15, 0.2) is 35.1 Å². The van der Waals surface area contributed by atoms with Gasteiger partial charge in [-0.3, -0.25) is 0 Å². The molecule has 0 unspecified atom stereocenters. The molecule has 0 N–H and O–H groups in total. The number of alkyl halides is 1. The summed E-state index contributed by atoms with van der Waals surface area (Å²) < 4.78 is 5.33. The van der Waals surface area contributed by atoms with E-state index in [1.807, 2.05) is 31.2 Å². The summed E-state index contributed by atoms with van der Waals surface area (Å²) in [5.74, 6) is 1.15. The van der Waals surface area contributed by atoms with Gasteiger partial charge in [0.1, 0.15) is 5.69 Å². The first-order chi connectivity index (χ1) is 6.83. The molecule has 1 aromatic carbocycles. The predicted octanol–water partition coefficient (Wildman–Crippen LogP) is 3.39. The van der Waals surface area contributed by atoms with Gasteiger partial charge in [-0.1, -0.05) is 24.3 Å². The average Bonchev–Trinajstić information content (AvgIpc) is 2.66. The number of hydrogen-bond acceptors (Lipinski definition) is 2. The van der Waals surface area contributed by atoms with Crippen LogP contribution in [0.25, 0.3) is 11.3 Å². The van der Waals surface area contributed by atoms with Gasteiger partial charge in [-0.25, -0.2) is 4.98 Å². The third-order valence-electron chi connectivity index (χ3n) is 2.16. The Labute approximate surface area is 87.5 Å². The van der Waals surface area contributed by atoms with Crippen molar-refractivity contribution >= 4 is 11.6 Å². The number of aromatic nitrogens is 1. The molecule has 2 aromatic rings. The standard InChI is InChI=1S/C11H10ClNO/c1-8-4-2-3-5-9(8)11-10(6-12)13-7-14-11/h2-5,7H,6H2,1H3. The zero-order chi connectivity index (χ0) is 9.97. The summed E-state index contributed by atoms with van der Waals surface area (Å²) in [5.41, 5.74) is 3.01. The van der Waals surface area contributed by atoms with Gasteiger partial charge < -0.3 is 4.42 Å². The maximum absolute atomic E-state index is 5.75. The molecule has 0 atom stereocenters. The van der Waals surface area contributed by atoms with Crippen LogP contribution in [0.4, 0.5) is 0 Å². The minimum atomic E-state index is 0.375. The Kier molecular flexibility index (Phi) is 2.55. The van der Waals surface area contributed by atoms with E-state index in [4.69, 9.17) is 16.0 Å². The first-order valence-electron chi connectivity index (χ1n) is 4.37. The van der Waals surface area contributed by atoms with Gasteiger partial charge in [0.15, 0.2) is 12.2 Å². The minimum absolute atomic E-state index is 0.375. The lowest BCUT2D eigenvalue weighted by atomic mass is 10.1. The predicted molar refractivity (Wildman–Crippen MR) is 56.2 cm³/mol. The molecule has 0 bridgehead atoms. The van der Waals surface area contributed by atoms with Crippen molar-refractivity contribution in [3.05, 3.63) is 41.9 Å². The van der Waals surface area contributed by atoms with Crippen LogP contribution in [0.2, 0.25) is 0 Å². The molecule has 2 nitrogen and oxygen atoms in total. The fourth-order valence-corrected chi connectivity index (χ4v) is 1.60. The van der Waals surface area contributed by atoms with E-state index in [1.165, 1.54) is 6.39 Å². The van der Waals surface area contributed by atoms with Gasteiger partial charge in [-0.2, -0.15) is 0 Å². The van der Waals surface area contributed by atoms with E-state index in [-0.39, 0.29) is 0 Å². The van der Waals surface area contributed by atoms with Crippen LogP contribution in [0.3, 0.4) is 0 Å². The molecule has 14 heavy (non-hydrogen) atoms. The van der Waals surface area contributed by atoms with E-state index in [2.05, 4.69) is 4.98 Å². The van der Waals surface area contributed by atoms with Crippen molar-refractivity contribution < 1.29 is 4.42 Å². The largest absolute Gasteiger partial charge is 0.443 e. The van der Waals surface area contributed by atoms with E-state index in [0.29, 0.717) is 5.88 Å². The third kappa shape index (κ3) is 1.53. The monoisotopic (exact) mass is 207 g/mol. The van der Waals surface area contributed by atoms with E-state index in [9.17, 15) is 0 Å². The second-order valence-electron chi connectivity index (χ2n) is 3.08. The fourth-order valence-electron chi connectivity index (χ4n) is 1.41. The first kappa shape index (κ1) is 9.28. The van der Waals surface area contributed by atoms with Gasteiger partial charge in [0.25, 0.3) is 0 Å². The second-order valence-corrected chi connectivity index (χ2v) is 3.34. The van der Waals surface area contributed by atoms with Crippen molar-refractivity contribution in [2.24, 2.45) is 0 Å². The van der Waals surface area contributed by atoms with Crippen molar-refractivity contribution in [2.75, 3.05) is 0 Å². The van der Waals surface area contributed by atoms with Crippen LogP contribution in [-0.2, 0) is 5.88 Å².